The van der Waals surface area contributed by atoms with Crippen LogP contribution in [0, 0.1) is 0 Å². The fourth-order valence-corrected chi connectivity index (χ4v) is 5.25. The number of carbonyl (C=O) groups is 1. The Balaban J connectivity index is 1.75. The predicted molar refractivity (Wildman–Crippen MR) is 116 cm³/mol. The van der Waals surface area contributed by atoms with Gasteiger partial charge in [-0.2, -0.15) is 8.42 Å². The lowest BCUT2D eigenvalue weighted by Crippen LogP contribution is -2.31. The Morgan fingerprint density at radius 2 is 1.69 bits per heavy atom. The van der Waals surface area contributed by atoms with E-state index in [2.05, 4.69) is 4.40 Å². The molecule has 1 heterocycles. The Hall–Kier alpha value is -2.84. The molecule has 0 aromatic heterocycles. The van der Waals surface area contributed by atoms with Crippen LogP contribution in [0.1, 0.15) is 6.92 Å². The van der Waals surface area contributed by atoms with Gasteiger partial charge in [-0.05, 0) is 54.1 Å². The number of methoxy groups -OCH3 is 1. The lowest BCUT2D eigenvalue weighted by Gasteiger charge is -2.16. The van der Waals surface area contributed by atoms with Crippen molar-refractivity contribution in [2.24, 2.45) is 4.40 Å². The van der Waals surface area contributed by atoms with Crippen molar-refractivity contribution in [1.29, 1.82) is 0 Å². The lowest BCUT2D eigenvalue weighted by molar-refractivity contribution is -0.116. The van der Waals surface area contributed by atoms with Gasteiger partial charge in [-0.25, -0.2) is 0 Å². The average molecular weight is 427 g/mol. The van der Waals surface area contributed by atoms with Gasteiger partial charge in [-0.1, -0.05) is 42.1 Å². The first-order valence-corrected chi connectivity index (χ1v) is 11.2. The van der Waals surface area contributed by atoms with Gasteiger partial charge in [0.1, 0.15) is 5.75 Å². The fraction of sp³-hybridized carbons (Fsp3) is 0.143. The second-order valence-corrected chi connectivity index (χ2v) is 9.40. The van der Waals surface area contributed by atoms with Crippen molar-refractivity contribution < 1.29 is 17.9 Å². The molecule has 0 radical (unpaired) electrons. The van der Waals surface area contributed by atoms with Crippen LogP contribution in [0.3, 0.4) is 0 Å². The van der Waals surface area contributed by atoms with Crippen LogP contribution in [0.5, 0.6) is 5.75 Å². The van der Waals surface area contributed by atoms with E-state index in [1.807, 2.05) is 24.3 Å². The van der Waals surface area contributed by atoms with Crippen molar-refractivity contribution in [1.82, 2.24) is 0 Å². The number of fused-ring (bicyclic) bond motifs is 1. The van der Waals surface area contributed by atoms with Gasteiger partial charge in [0.15, 0.2) is 5.17 Å². The predicted octanol–water partition coefficient (Wildman–Crippen LogP) is 4.06. The van der Waals surface area contributed by atoms with Gasteiger partial charge >= 0.3 is 0 Å². The van der Waals surface area contributed by atoms with E-state index in [4.69, 9.17) is 4.74 Å². The first-order chi connectivity index (χ1) is 13.9. The summed E-state index contributed by atoms with van der Waals surface area (Å²) in [5.74, 6) is 0.427. The summed E-state index contributed by atoms with van der Waals surface area (Å²) in [6, 6.07) is 19.2. The highest BCUT2D eigenvalue weighted by Gasteiger charge is 2.37. The van der Waals surface area contributed by atoms with Crippen molar-refractivity contribution in [2.75, 3.05) is 12.0 Å². The zero-order valence-corrected chi connectivity index (χ0v) is 17.4. The minimum absolute atomic E-state index is 0.0889. The highest BCUT2D eigenvalue weighted by Crippen LogP contribution is 2.34. The molecule has 1 unspecified atom stereocenters. The molecule has 0 N–H and O–H groups in total. The van der Waals surface area contributed by atoms with Gasteiger partial charge in [0, 0.05) is 0 Å². The Labute approximate surface area is 173 Å². The normalized spacial score (nSPS) is 18.6. The van der Waals surface area contributed by atoms with Crippen LogP contribution in [0.2, 0.25) is 0 Å². The van der Waals surface area contributed by atoms with Gasteiger partial charge in [-0.3, -0.25) is 9.69 Å². The Morgan fingerprint density at radius 1 is 1.00 bits per heavy atom. The third-order valence-electron chi connectivity index (χ3n) is 4.59. The molecule has 6 nitrogen and oxygen atoms in total. The van der Waals surface area contributed by atoms with Crippen LogP contribution in [0.25, 0.3) is 10.8 Å². The second kappa shape index (κ2) is 7.53. The Morgan fingerprint density at radius 3 is 2.38 bits per heavy atom. The molecule has 4 rings (SSSR count). The topological polar surface area (TPSA) is 76.0 Å². The SMILES string of the molecule is COc1ccc(N2C(=O)C(C)SC2=NS(=O)(=O)c2ccc3ccccc3c2)cc1. The first kappa shape index (κ1) is 19.5. The zero-order chi connectivity index (χ0) is 20.6. The van der Waals surface area contributed by atoms with Crippen molar-refractivity contribution in [3.8, 4) is 5.75 Å². The smallest absolute Gasteiger partial charge is 0.284 e. The maximum atomic E-state index is 13.0. The number of amides is 1. The number of anilines is 1. The molecule has 148 valence electrons. The second-order valence-electron chi connectivity index (χ2n) is 6.49. The van der Waals surface area contributed by atoms with Crippen LogP contribution in [-0.2, 0) is 14.8 Å². The summed E-state index contributed by atoms with van der Waals surface area (Å²) in [6.45, 7) is 1.73. The minimum atomic E-state index is -3.99. The largest absolute Gasteiger partial charge is 0.497 e. The first-order valence-electron chi connectivity index (χ1n) is 8.87. The van der Waals surface area contributed by atoms with Gasteiger partial charge in [0.05, 0.1) is 22.9 Å². The number of hydrogen-bond donors (Lipinski definition) is 0. The molecule has 0 spiro atoms. The number of amidine groups is 1. The average Bonchev–Trinajstić information content (AvgIpc) is 3.00. The zero-order valence-electron chi connectivity index (χ0n) is 15.8. The number of thioether (sulfide) groups is 1. The molecule has 1 amide bonds. The highest BCUT2D eigenvalue weighted by atomic mass is 32.2. The summed E-state index contributed by atoms with van der Waals surface area (Å²) in [4.78, 5) is 14.1. The van der Waals surface area contributed by atoms with E-state index >= 15 is 0 Å². The van der Waals surface area contributed by atoms with E-state index in [0.29, 0.717) is 11.4 Å². The molecule has 29 heavy (non-hydrogen) atoms. The molecular formula is C21H18N2O4S2. The maximum absolute atomic E-state index is 13.0. The third kappa shape index (κ3) is 3.73. The summed E-state index contributed by atoms with van der Waals surface area (Å²) in [5, 5.41) is 1.46. The number of sulfonamides is 1. The number of benzene rings is 3. The van der Waals surface area contributed by atoms with E-state index in [1.54, 1.807) is 50.4 Å². The maximum Gasteiger partial charge on any atom is 0.284 e. The number of nitrogens with zero attached hydrogens (tertiary/aromatic N) is 2. The lowest BCUT2D eigenvalue weighted by atomic mass is 10.1. The number of ether oxygens (including phenoxy) is 1. The van der Waals surface area contributed by atoms with E-state index in [1.165, 1.54) is 11.0 Å². The number of rotatable bonds is 4. The monoisotopic (exact) mass is 426 g/mol. The van der Waals surface area contributed by atoms with Gasteiger partial charge in [-0.15, -0.1) is 4.40 Å². The number of hydrogen-bond acceptors (Lipinski definition) is 5. The van der Waals surface area contributed by atoms with E-state index in [0.717, 1.165) is 22.5 Å². The summed E-state index contributed by atoms with van der Waals surface area (Å²) in [7, 11) is -2.43. The quantitative estimate of drug-likeness (QED) is 0.629. The summed E-state index contributed by atoms with van der Waals surface area (Å²) in [6.07, 6.45) is 0. The van der Waals surface area contributed by atoms with Crippen LogP contribution in [0.15, 0.2) is 76.0 Å². The molecule has 1 saturated heterocycles. The standard InChI is InChI=1S/C21H18N2O4S2/c1-14-20(24)23(17-8-10-18(27-2)11-9-17)21(28-14)22-29(25,26)19-12-7-15-5-3-4-6-16(15)13-19/h3-14H,1-2H3. The Bertz CT molecular complexity index is 1220. The summed E-state index contributed by atoms with van der Waals surface area (Å²) >= 11 is 1.13. The number of carbonyl (C=O) groups excluding carboxylic acids is 1. The molecule has 1 atom stereocenters. The van der Waals surface area contributed by atoms with Crippen molar-refractivity contribution in [3.05, 3.63) is 66.7 Å². The summed E-state index contributed by atoms with van der Waals surface area (Å²) in [5.41, 5.74) is 0.542. The van der Waals surface area contributed by atoms with E-state index in [-0.39, 0.29) is 16.0 Å². The van der Waals surface area contributed by atoms with Crippen molar-refractivity contribution in [3.63, 3.8) is 0 Å². The van der Waals surface area contributed by atoms with Gasteiger partial charge < -0.3 is 4.74 Å². The van der Waals surface area contributed by atoms with E-state index in [9.17, 15) is 13.2 Å². The minimum Gasteiger partial charge on any atom is -0.497 e. The molecule has 1 aliphatic heterocycles. The molecule has 0 bridgehead atoms. The van der Waals surface area contributed by atoms with Crippen LogP contribution in [-0.4, -0.2) is 31.9 Å². The molecule has 3 aromatic rings. The van der Waals surface area contributed by atoms with Crippen LogP contribution < -0.4 is 9.64 Å². The van der Waals surface area contributed by atoms with Gasteiger partial charge in [0.2, 0.25) is 5.91 Å². The fourth-order valence-electron chi connectivity index (χ4n) is 3.05. The third-order valence-corrected chi connectivity index (χ3v) is 7.01. The van der Waals surface area contributed by atoms with Crippen molar-refractivity contribution in [2.45, 2.75) is 17.1 Å². The molecule has 8 heteroatoms. The molecule has 0 saturated carbocycles. The van der Waals surface area contributed by atoms with Crippen molar-refractivity contribution >= 4 is 49.3 Å². The molecule has 3 aromatic carbocycles. The summed E-state index contributed by atoms with van der Waals surface area (Å²) < 4.78 is 35.1. The molecule has 1 aliphatic rings. The highest BCUT2D eigenvalue weighted by molar-refractivity contribution is 8.16. The van der Waals surface area contributed by atoms with E-state index < -0.39 is 15.3 Å². The Kier molecular flexibility index (Phi) is 5.06. The van der Waals surface area contributed by atoms with Crippen LogP contribution >= 0.6 is 11.8 Å². The van der Waals surface area contributed by atoms with Gasteiger partial charge in [0.25, 0.3) is 10.0 Å². The van der Waals surface area contributed by atoms with Crippen LogP contribution in [0.4, 0.5) is 5.69 Å². The molecule has 1 fully saturated rings. The molecule has 0 aliphatic carbocycles. The molecular weight excluding hydrogens is 408 g/mol.